The fourth-order valence-electron chi connectivity index (χ4n) is 4.66. The van der Waals surface area contributed by atoms with Crippen molar-refractivity contribution in [2.45, 2.75) is 32.9 Å². The summed E-state index contributed by atoms with van der Waals surface area (Å²) in [6.07, 6.45) is -1.04. The van der Waals surface area contributed by atoms with Gasteiger partial charge in [-0.3, -0.25) is 14.9 Å². The Kier molecular flexibility index (Phi) is 11.1. The Balaban J connectivity index is 1.24. The second kappa shape index (κ2) is 15.3. The Morgan fingerprint density at radius 3 is 2.39 bits per heavy atom. The van der Waals surface area contributed by atoms with Gasteiger partial charge in [0.25, 0.3) is 0 Å². The topological polar surface area (TPSA) is 149 Å². The van der Waals surface area contributed by atoms with Gasteiger partial charge < -0.3 is 30.9 Å². The maximum absolute atomic E-state index is 12.6. The van der Waals surface area contributed by atoms with Crippen LogP contribution in [0.1, 0.15) is 34.8 Å². The first kappa shape index (κ1) is 31.7. The molecule has 4 aromatic carbocycles. The highest BCUT2D eigenvalue weighted by atomic mass is 16.5. The predicted molar refractivity (Wildman–Crippen MR) is 170 cm³/mol. The minimum atomic E-state index is -0.856. The van der Waals surface area contributed by atoms with Crippen LogP contribution >= 0.6 is 0 Å². The summed E-state index contributed by atoms with van der Waals surface area (Å²) in [7, 11) is 0. The molecule has 0 aliphatic carbocycles. The zero-order chi connectivity index (χ0) is 31.5. The summed E-state index contributed by atoms with van der Waals surface area (Å²) >= 11 is 0. The van der Waals surface area contributed by atoms with Crippen molar-refractivity contribution in [2.24, 2.45) is 0 Å². The van der Waals surface area contributed by atoms with E-state index in [4.69, 9.17) is 4.74 Å². The number of benzene rings is 4. The zero-order valence-electron chi connectivity index (χ0n) is 24.6. The number of phenols is 1. The van der Waals surface area contributed by atoms with Gasteiger partial charge in [0.15, 0.2) is 0 Å². The van der Waals surface area contributed by atoms with E-state index in [1.165, 1.54) is 12.1 Å². The molecule has 44 heavy (non-hydrogen) atoms. The van der Waals surface area contributed by atoms with Gasteiger partial charge in [-0.05, 0) is 65.9 Å². The fraction of sp³-hybridized carbons (Fsp3) is 0.206. The van der Waals surface area contributed by atoms with Crippen molar-refractivity contribution in [2.75, 3.05) is 29.1 Å². The van der Waals surface area contributed by atoms with E-state index in [0.717, 1.165) is 27.8 Å². The first-order valence-electron chi connectivity index (χ1n) is 14.1. The summed E-state index contributed by atoms with van der Waals surface area (Å²) in [6.45, 7) is 4.46. The lowest BCUT2D eigenvalue weighted by Gasteiger charge is -2.16. The Morgan fingerprint density at radius 2 is 1.61 bits per heavy atom. The molecule has 0 saturated carbocycles. The number of rotatable bonds is 13. The summed E-state index contributed by atoms with van der Waals surface area (Å²) in [5.74, 6) is -0.366. The number of phenolic OH excluding ortho intramolecular Hbond substituents is 1. The van der Waals surface area contributed by atoms with Crippen LogP contribution in [0, 0.1) is 13.8 Å². The molecule has 228 valence electrons. The third-order valence-corrected chi connectivity index (χ3v) is 7.04. The van der Waals surface area contributed by atoms with Gasteiger partial charge >= 0.3 is 6.09 Å². The number of hydrogen-bond acceptors (Lipinski definition) is 7. The largest absolute Gasteiger partial charge is 0.506 e. The molecule has 0 unspecified atom stereocenters. The highest BCUT2D eigenvalue weighted by Gasteiger charge is 2.13. The van der Waals surface area contributed by atoms with Gasteiger partial charge in [0.05, 0.1) is 23.9 Å². The van der Waals surface area contributed by atoms with Gasteiger partial charge in [-0.2, -0.15) is 0 Å². The summed E-state index contributed by atoms with van der Waals surface area (Å²) in [5, 5.41) is 31.6. The second-order valence-electron chi connectivity index (χ2n) is 10.2. The third-order valence-electron chi connectivity index (χ3n) is 7.04. The molecule has 1 atom stereocenters. The number of anilines is 3. The van der Waals surface area contributed by atoms with Crippen LogP contribution in [0.2, 0.25) is 0 Å². The van der Waals surface area contributed by atoms with E-state index in [1.807, 2.05) is 74.5 Å². The first-order valence-corrected chi connectivity index (χ1v) is 14.1. The molecule has 0 saturated heterocycles. The van der Waals surface area contributed by atoms with E-state index in [1.54, 1.807) is 12.1 Å². The normalized spacial score (nSPS) is 11.3. The summed E-state index contributed by atoms with van der Waals surface area (Å²) in [6, 6.07) is 25.5. The zero-order valence-corrected chi connectivity index (χ0v) is 24.6. The Labute approximate surface area is 256 Å². The number of aromatic hydroxyl groups is 1. The van der Waals surface area contributed by atoms with Gasteiger partial charge in [0.2, 0.25) is 12.3 Å². The maximum Gasteiger partial charge on any atom is 0.411 e. The Morgan fingerprint density at radius 1 is 0.864 bits per heavy atom. The molecule has 0 fully saturated rings. The van der Waals surface area contributed by atoms with Gasteiger partial charge in [0.1, 0.15) is 12.4 Å². The summed E-state index contributed by atoms with van der Waals surface area (Å²) in [4.78, 5) is 35.7. The van der Waals surface area contributed by atoms with Gasteiger partial charge in [-0.1, -0.05) is 60.7 Å². The van der Waals surface area contributed by atoms with E-state index < -0.39 is 12.2 Å². The lowest BCUT2D eigenvalue weighted by Crippen LogP contribution is -2.22. The Bertz CT molecular complexity index is 1610. The third kappa shape index (κ3) is 8.66. The molecule has 4 aromatic rings. The van der Waals surface area contributed by atoms with Crippen molar-refractivity contribution in [3.63, 3.8) is 0 Å². The minimum Gasteiger partial charge on any atom is -0.506 e. The highest BCUT2D eigenvalue weighted by Crippen LogP contribution is 2.28. The number of aliphatic hydroxyl groups is 1. The van der Waals surface area contributed by atoms with Crippen LogP contribution < -0.4 is 21.3 Å². The number of amides is 3. The van der Waals surface area contributed by atoms with Crippen LogP contribution in [0.25, 0.3) is 11.1 Å². The summed E-state index contributed by atoms with van der Waals surface area (Å²) < 4.78 is 5.27. The van der Waals surface area contributed by atoms with Crippen molar-refractivity contribution < 1.29 is 29.3 Å². The average molecular weight is 597 g/mol. The van der Waals surface area contributed by atoms with Crippen LogP contribution in [-0.2, 0) is 20.9 Å². The van der Waals surface area contributed by atoms with Gasteiger partial charge in [0, 0.05) is 24.3 Å². The minimum absolute atomic E-state index is 0.00518. The van der Waals surface area contributed by atoms with E-state index >= 15 is 0 Å². The van der Waals surface area contributed by atoms with Crippen LogP contribution in [0.5, 0.6) is 5.75 Å². The number of carbonyl (C=O) groups excluding carboxylic acids is 3. The number of aryl methyl sites for hydroxylation is 2. The molecule has 10 nitrogen and oxygen atoms in total. The maximum atomic E-state index is 12.6. The fourth-order valence-corrected chi connectivity index (χ4v) is 4.66. The Hall–Kier alpha value is -5.19. The number of para-hydroxylation sites is 1. The van der Waals surface area contributed by atoms with E-state index in [2.05, 4.69) is 21.3 Å². The SMILES string of the molecule is Cc1cc(NC(=O)CCOC(=O)Nc2ccccc2-c2ccccc2)c(C)cc1CNC[C@@H](O)c1ccc(O)c(NC=O)c1. The molecule has 10 heteroatoms. The van der Waals surface area contributed by atoms with Crippen molar-refractivity contribution in [1.29, 1.82) is 0 Å². The molecular formula is C34H36N4O6. The van der Waals surface area contributed by atoms with Crippen molar-refractivity contribution >= 4 is 35.5 Å². The quantitative estimate of drug-likeness (QED) is 0.0863. The van der Waals surface area contributed by atoms with Crippen LogP contribution in [-0.4, -0.2) is 41.8 Å². The smallest absolute Gasteiger partial charge is 0.411 e. The number of aliphatic hydroxyl groups excluding tert-OH is 1. The monoisotopic (exact) mass is 596 g/mol. The second-order valence-corrected chi connectivity index (χ2v) is 10.2. The van der Waals surface area contributed by atoms with Crippen molar-refractivity contribution in [3.05, 3.63) is 107 Å². The number of hydrogen-bond donors (Lipinski definition) is 6. The van der Waals surface area contributed by atoms with E-state index in [0.29, 0.717) is 29.9 Å². The van der Waals surface area contributed by atoms with E-state index in [9.17, 15) is 24.6 Å². The lowest BCUT2D eigenvalue weighted by atomic mass is 10.0. The molecule has 6 N–H and O–H groups in total. The van der Waals surface area contributed by atoms with Gasteiger partial charge in [-0.25, -0.2) is 4.79 Å². The molecule has 0 aliphatic heterocycles. The van der Waals surface area contributed by atoms with Crippen molar-refractivity contribution in [3.8, 4) is 16.9 Å². The van der Waals surface area contributed by atoms with E-state index in [-0.39, 0.29) is 36.9 Å². The number of carbonyl (C=O) groups is 3. The molecule has 0 aliphatic rings. The molecule has 0 bridgehead atoms. The number of nitrogens with one attached hydrogen (secondary N) is 4. The number of ether oxygens (including phenoxy) is 1. The predicted octanol–water partition coefficient (Wildman–Crippen LogP) is 5.64. The lowest BCUT2D eigenvalue weighted by molar-refractivity contribution is -0.116. The van der Waals surface area contributed by atoms with Crippen LogP contribution in [0.15, 0.2) is 84.9 Å². The molecule has 0 aromatic heterocycles. The summed E-state index contributed by atoms with van der Waals surface area (Å²) in [5.41, 5.74) is 6.68. The first-order chi connectivity index (χ1) is 21.2. The molecule has 0 spiro atoms. The van der Waals surface area contributed by atoms with Crippen LogP contribution in [0.3, 0.4) is 0 Å². The molecule has 4 rings (SSSR count). The average Bonchev–Trinajstić information content (AvgIpc) is 3.01. The molecule has 3 amide bonds. The molecule has 0 heterocycles. The standard InChI is InChI=1S/C34H36N4O6/c1-22-17-29(23(2)16-26(22)19-35-20-32(41)25-12-13-31(40)30(18-25)36-21-39)37-33(42)14-15-44-34(43)38-28-11-7-6-10-27(28)24-8-4-3-5-9-24/h3-13,16-18,21,32,35,40-41H,14-15,19-20H2,1-2H3,(H,36,39)(H,37,42)(H,38,43)/t32-/m1/s1. The molecule has 0 radical (unpaired) electrons. The molecular weight excluding hydrogens is 560 g/mol. The van der Waals surface area contributed by atoms with Crippen LogP contribution in [0.4, 0.5) is 21.9 Å². The van der Waals surface area contributed by atoms with Gasteiger partial charge in [-0.15, -0.1) is 0 Å². The highest BCUT2D eigenvalue weighted by molar-refractivity contribution is 5.93. The van der Waals surface area contributed by atoms with Crippen molar-refractivity contribution in [1.82, 2.24) is 5.32 Å².